The van der Waals surface area contributed by atoms with Gasteiger partial charge in [-0.2, -0.15) is 4.31 Å². The first-order chi connectivity index (χ1) is 15.1. The van der Waals surface area contributed by atoms with Crippen molar-refractivity contribution in [3.8, 4) is 11.5 Å². The van der Waals surface area contributed by atoms with Crippen molar-refractivity contribution >= 4 is 10.0 Å². The van der Waals surface area contributed by atoms with Crippen LogP contribution in [0.3, 0.4) is 0 Å². The molecule has 0 radical (unpaired) electrons. The van der Waals surface area contributed by atoms with Crippen LogP contribution in [0, 0.1) is 0 Å². The molecule has 9 heteroatoms. The van der Waals surface area contributed by atoms with Gasteiger partial charge in [-0.25, -0.2) is 8.42 Å². The van der Waals surface area contributed by atoms with E-state index in [-0.39, 0.29) is 10.9 Å². The van der Waals surface area contributed by atoms with Crippen molar-refractivity contribution in [1.29, 1.82) is 0 Å². The second kappa shape index (κ2) is 8.74. The standard InChI is InChI=1S/C22H28N4O4S/c27-31(28,20-4-1-7-23-14-20)26-8-2-3-19(16-26)25-11-9-24(10-12-25)15-18-5-6-21-22(13-18)30-17-29-21/h1,4-7,13-14,19H,2-3,8-12,15-17H2. The highest BCUT2D eigenvalue weighted by atomic mass is 32.2. The number of hydrogen-bond donors (Lipinski definition) is 0. The molecule has 2 aromatic rings. The predicted molar refractivity (Wildman–Crippen MR) is 115 cm³/mol. The summed E-state index contributed by atoms with van der Waals surface area (Å²) in [6.07, 6.45) is 4.97. The highest BCUT2D eigenvalue weighted by molar-refractivity contribution is 7.89. The Bertz CT molecular complexity index is 1010. The molecule has 0 N–H and O–H groups in total. The van der Waals surface area contributed by atoms with Gasteiger partial charge in [0.2, 0.25) is 16.8 Å². The molecule has 1 unspecified atom stereocenters. The van der Waals surface area contributed by atoms with E-state index in [2.05, 4.69) is 26.9 Å². The zero-order valence-corrected chi connectivity index (χ0v) is 18.3. The summed E-state index contributed by atoms with van der Waals surface area (Å²) in [5.74, 6) is 1.64. The van der Waals surface area contributed by atoms with Crippen LogP contribution < -0.4 is 9.47 Å². The van der Waals surface area contributed by atoms with Gasteiger partial charge in [0, 0.05) is 64.2 Å². The summed E-state index contributed by atoms with van der Waals surface area (Å²) >= 11 is 0. The molecule has 4 heterocycles. The molecule has 2 fully saturated rings. The molecule has 3 aliphatic rings. The van der Waals surface area contributed by atoms with Crippen LogP contribution in [0.5, 0.6) is 11.5 Å². The van der Waals surface area contributed by atoms with Crippen molar-refractivity contribution in [1.82, 2.24) is 19.1 Å². The van der Waals surface area contributed by atoms with Crippen molar-refractivity contribution in [3.05, 3.63) is 48.3 Å². The first-order valence-corrected chi connectivity index (χ1v) is 12.3. The number of piperazine rings is 1. The van der Waals surface area contributed by atoms with Gasteiger partial charge in [0.1, 0.15) is 4.90 Å². The maximum Gasteiger partial charge on any atom is 0.244 e. The van der Waals surface area contributed by atoms with E-state index in [9.17, 15) is 8.42 Å². The summed E-state index contributed by atoms with van der Waals surface area (Å²) in [6, 6.07) is 9.72. The third-order valence-corrected chi connectivity index (χ3v) is 8.25. The molecule has 0 amide bonds. The minimum atomic E-state index is -3.48. The highest BCUT2D eigenvalue weighted by Gasteiger charge is 2.34. The number of fused-ring (bicyclic) bond motifs is 1. The quantitative estimate of drug-likeness (QED) is 0.696. The summed E-state index contributed by atoms with van der Waals surface area (Å²) < 4.78 is 38.5. The van der Waals surface area contributed by atoms with Gasteiger partial charge in [0.05, 0.1) is 0 Å². The molecule has 5 rings (SSSR count). The van der Waals surface area contributed by atoms with Crippen molar-refractivity contribution in [2.24, 2.45) is 0 Å². The van der Waals surface area contributed by atoms with Gasteiger partial charge in [0.15, 0.2) is 11.5 Å². The normalized spacial score (nSPS) is 23.2. The van der Waals surface area contributed by atoms with E-state index < -0.39 is 10.0 Å². The van der Waals surface area contributed by atoms with Crippen molar-refractivity contribution in [2.75, 3.05) is 46.1 Å². The second-order valence-electron chi connectivity index (χ2n) is 8.35. The molecular weight excluding hydrogens is 416 g/mol. The number of rotatable bonds is 5. The molecule has 8 nitrogen and oxygen atoms in total. The third-order valence-electron chi connectivity index (χ3n) is 6.40. The Morgan fingerprint density at radius 1 is 1.03 bits per heavy atom. The summed E-state index contributed by atoms with van der Waals surface area (Å²) in [5, 5.41) is 0. The number of benzene rings is 1. The fourth-order valence-corrected chi connectivity index (χ4v) is 6.15. The molecule has 1 aromatic heterocycles. The molecular formula is C22H28N4O4S. The van der Waals surface area contributed by atoms with E-state index in [1.54, 1.807) is 22.6 Å². The fraction of sp³-hybridized carbons (Fsp3) is 0.500. The number of hydrogen-bond acceptors (Lipinski definition) is 7. The van der Waals surface area contributed by atoms with Crippen LogP contribution in [0.15, 0.2) is 47.6 Å². The number of piperidine rings is 1. The van der Waals surface area contributed by atoms with Crippen LogP contribution in [0.4, 0.5) is 0 Å². The van der Waals surface area contributed by atoms with E-state index in [0.717, 1.165) is 57.1 Å². The molecule has 2 saturated heterocycles. The molecule has 31 heavy (non-hydrogen) atoms. The average Bonchev–Trinajstić information content (AvgIpc) is 3.28. The van der Waals surface area contributed by atoms with E-state index >= 15 is 0 Å². The highest BCUT2D eigenvalue weighted by Crippen LogP contribution is 2.33. The molecule has 0 bridgehead atoms. The number of aromatic nitrogens is 1. The fourth-order valence-electron chi connectivity index (χ4n) is 4.67. The topological polar surface area (TPSA) is 75.2 Å². The summed E-state index contributed by atoms with van der Waals surface area (Å²) in [7, 11) is -3.48. The molecule has 1 atom stereocenters. The predicted octanol–water partition coefficient (Wildman–Crippen LogP) is 1.78. The Labute approximate surface area is 183 Å². The molecule has 166 valence electrons. The second-order valence-corrected chi connectivity index (χ2v) is 10.3. The third kappa shape index (κ3) is 4.41. The summed E-state index contributed by atoms with van der Waals surface area (Å²) in [6.45, 7) is 6.17. The van der Waals surface area contributed by atoms with Gasteiger partial charge in [-0.3, -0.25) is 14.8 Å². The molecule has 1 aromatic carbocycles. The van der Waals surface area contributed by atoms with E-state index in [0.29, 0.717) is 19.9 Å². The lowest BCUT2D eigenvalue weighted by Gasteiger charge is -2.43. The monoisotopic (exact) mass is 444 g/mol. The van der Waals surface area contributed by atoms with Gasteiger partial charge in [-0.1, -0.05) is 6.07 Å². The lowest BCUT2D eigenvalue weighted by atomic mass is 10.0. The van der Waals surface area contributed by atoms with Crippen LogP contribution in [0.1, 0.15) is 18.4 Å². The van der Waals surface area contributed by atoms with Gasteiger partial charge in [-0.15, -0.1) is 0 Å². The molecule has 0 spiro atoms. The van der Waals surface area contributed by atoms with Crippen LogP contribution >= 0.6 is 0 Å². The van der Waals surface area contributed by atoms with Gasteiger partial charge >= 0.3 is 0 Å². The Kier molecular flexibility index (Phi) is 5.83. The Morgan fingerprint density at radius 3 is 2.68 bits per heavy atom. The Balaban J connectivity index is 1.17. The van der Waals surface area contributed by atoms with Crippen LogP contribution in [0.2, 0.25) is 0 Å². The van der Waals surface area contributed by atoms with E-state index in [1.165, 1.54) is 11.8 Å². The molecule has 0 saturated carbocycles. The largest absolute Gasteiger partial charge is 0.454 e. The summed E-state index contributed by atoms with van der Waals surface area (Å²) in [4.78, 5) is 9.17. The Hall–Kier alpha value is -2.20. The van der Waals surface area contributed by atoms with Gasteiger partial charge < -0.3 is 9.47 Å². The zero-order chi connectivity index (χ0) is 21.3. The minimum Gasteiger partial charge on any atom is -0.454 e. The van der Waals surface area contributed by atoms with Crippen molar-refractivity contribution < 1.29 is 17.9 Å². The van der Waals surface area contributed by atoms with Crippen molar-refractivity contribution in [2.45, 2.75) is 30.3 Å². The van der Waals surface area contributed by atoms with Gasteiger partial charge in [-0.05, 0) is 42.7 Å². The van der Waals surface area contributed by atoms with Gasteiger partial charge in [0.25, 0.3) is 0 Å². The summed E-state index contributed by atoms with van der Waals surface area (Å²) in [5.41, 5.74) is 1.23. The van der Waals surface area contributed by atoms with Crippen molar-refractivity contribution in [3.63, 3.8) is 0 Å². The van der Waals surface area contributed by atoms with E-state index in [1.807, 2.05) is 6.07 Å². The smallest absolute Gasteiger partial charge is 0.244 e. The number of pyridine rings is 1. The maximum atomic E-state index is 13.0. The number of ether oxygens (including phenoxy) is 2. The number of sulfonamides is 1. The van der Waals surface area contributed by atoms with Crippen LogP contribution in [0.25, 0.3) is 0 Å². The minimum absolute atomic E-state index is 0.271. The molecule has 3 aliphatic heterocycles. The van der Waals surface area contributed by atoms with Crippen LogP contribution in [-0.2, 0) is 16.6 Å². The lowest BCUT2D eigenvalue weighted by molar-refractivity contribution is 0.0675. The maximum absolute atomic E-state index is 13.0. The lowest BCUT2D eigenvalue weighted by Crippen LogP contribution is -2.55. The Morgan fingerprint density at radius 2 is 1.87 bits per heavy atom. The zero-order valence-electron chi connectivity index (χ0n) is 17.5. The molecule has 0 aliphatic carbocycles. The first kappa shape index (κ1) is 20.7. The average molecular weight is 445 g/mol. The van der Waals surface area contributed by atoms with Crippen LogP contribution in [-0.4, -0.2) is 79.6 Å². The SMILES string of the molecule is O=S(=O)(c1cccnc1)N1CCCC(N2CCN(Cc3ccc4c(c3)OCO4)CC2)C1. The number of nitrogens with zero attached hydrogens (tertiary/aromatic N) is 4. The first-order valence-electron chi connectivity index (χ1n) is 10.8. The van der Waals surface area contributed by atoms with E-state index in [4.69, 9.17) is 9.47 Å².